The molecule has 2 aromatic carbocycles. The number of rotatable bonds is 5. The molecule has 0 radical (unpaired) electrons. The predicted molar refractivity (Wildman–Crippen MR) is 104 cm³/mol. The Balaban J connectivity index is 1.65. The van der Waals surface area contributed by atoms with E-state index in [1.165, 1.54) is 0 Å². The zero-order valence-electron chi connectivity index (χ0n) is 15.0. The Kier molecular flexibility index (Phi) is 5.47. The molecule has 6 heteroatoms. The first-order valence-electron chi connectivity index (χ1n) is 8.34. The standard InChI is InChI=1S/C21H19N3O3/c1-14-13-22-12-11-19(14)24-21(26)15-3-7-17(8-4-15)23-20(25)16-5-9-18(27-2)10-6-16/h3-13H,1-2H3,(H,23,25)(H,22,24,26). The minimum atomic E-state index is -0.234. The van der Waals surface area contributed by atoms with E-state index < -0.39 is 0 Å². The van der Waals surface area contributed by atoms with Crippen LogP contribution in [-0.4, -0.2) is 23.9 Å². The van der Waals surface area contributed by atoms with Gasteiger partial charge in [-0.3, -0.25) is 14.6 Å². The minimum Gasteiger partial charge on any atom is -0.497 e. The van der Waals surface area contributed by atoms with Crippen molar-refractivity contribution in [1.82, 2.24) is 4.98 Å². The summed E-state index contributed by atoms with van der Waals surface area (Å²) in [5, 5.41) is 5.65. The summed E-state index contributed by atoms with van der Waals surface area (Å²) in [7, 11) is 1.57. The summed E-state index contributed by atoms with van der Waals surface area (Å²) >= 11 is 0. The number of hydrogen-bond acceptors (Lipinski definition) is 4. The average molecular weight is 361 g/mol. The van der Waals surface area contributed by atoms with Gasteiger partial charge in [-0.05, 0) is 67.1 Å². The molecule has 0 aliphatic carbocycles. The lowest BCUT2D eigenvalue weighted by atomic mass is 10.1. The van der Waals surface area contributed by atoms with Gasteiger partial charge in [-0.25, -0.2) is 0 Å². The molecule has 1 aromatic heterocycles. The molecule has 0 saturated heterocycles. The number of ether oxygens (including phenoxy) is 1. The lowest BCUT2D eigenvalue weighted by Crippen LogP contribution is -2.14. The van der Waals surface area contributed by atoms with Gasteiger partial charge in [0.2, 0.25) is 0 Å². The van der Waals surface area contributed by atoms with Gasteiger partial charge < -0.3 is 15.4 Å². The van der Waals surface area contributed by atoms with E-state index in [0.717, 1.165) is 5.56 Å². The van der Waals surface area contributed by atoms with Crippen molar-refractivity contribution in [2.75, 3.05) is 17.7 Å². The highest BCUT2D eigenvalue weighted by atomic mass is 16.5. The first kappa shape index (κ1) is 18.1. The van der Waals surface area contributed by atoms with Crippen molar-refractivity contribution < 1.29 is 14.3 Å². The maximum atomic E-state index is 12.4. The largest absolute Gasteiger partial charge is 0.497 e. The number of amides is 2. The van der Waals surface area contributed by atoms with Gasteiger partial charge >= 0.3 is 0 Å². The van der Waals surface area contributed by atoms with Gasteiger partial charge in [0, 0.05) is 34.9 Å². The molecule has 0 aliphatic heterocycles. The topological polar surface area (TPSA) is 80.3 Å². The van der Waals surface area contributed by atoms with Crippen molar-refractivity contribution in [3.8, 4) is 5.75 Å². The van der Waals surface area contributed by atoms with E-state index in [4.69, 9.17) is 4.74 Å². The molecule has 27 heavy (non-hydrogen) atoms. The first-order chi connectivity index (χ1) is 13.1. The Morgan fingerprint density at radius 3 is 2.04 bits per heavy atom. The van der Waals surface area contributed by atoms with Crippen molar-refractivity contribution in [3.05, 3.63) is 83.7 Å². The van der Waals surface area contributed by atoms with Crippen LogP contribution in [0.1, 0.15) is 26.3 Å². The number of methoxy groups -OCH3 is 1. The Morgan fingerprint density at radius 2 is 1.44 bits per heavy atom. The smallest absolute Gasteiger partial charge is 0.255 e. The van der Waals surface area contributed by atoms with Crippen LogP contribution in [0.15, 0.2) is 67.0 Å². The van der Waals surface area contributed by atoms with E-state index in [-0.39, 0.29) is 11.8 Å². The minimum absolute atomic E-state index is 0.225. The SMILES string of the molecule is COc1ccc(C(=O)Nc2ccc(C(=O)Nc3ccncc3C)cc2)cc1. The Hall–Kier alpha value is -3.67. The van der Waals surface area contributed by atoms with E-state index in [1.54, 1.807) is 74.1 Å². The fraction of sp³-hybridized carbons (Fsp3) is 0.0952. The van der Waals surface area contributed by atoms with Crippen LogP contribution in [-0.2, 0) is 0 Å². The van der Waals surface area contributed by atoms with Gasteiger partial charge in [-0.15, -0.1) is 0 Å². The normalized spacial score (nSPS) is 10.1. The fourth-order valence-corrected chi connectivity index (χ4v) is 2.46. The highest BCUT2D eigenvalue weighted by Gasteiger charge is 2.09. The monoisotopic (exact) mass is 361 g/mol. The third kappa shape index (κ3) is 4.49. The van der Waals surface area contributed by atoms with Gasteiger partial charge in [0.15, 0.2) is 0 Å². The number of nitrogens with zero attached hydrogens (tertiary/aromatic N) is 1. The zero-order valence-corrected chi connectivity index (χ0v) is 15.0. The molecule has 0 fully saturated rings. The number of pyridine rings is 1. The number of aryl methyl sites for hydroxylation is 1. The second-order valence-electron chi connectivity index (χ2n) is 5.90. The quantitative estimate of drug-likeness (QED) is 0.722. The molecule has 2 N–H and O–H groups in total. The summed E-state index contributed by atoms with van der Waals surface area (Å²) in [6, 6.07) is 15.3. The number of carbonyl (C=O) groups is 2. The van der Waals surface area contributed by atoms with Crippen LogP contribution in [0.25, 0.3) is 0 Å². The molecular formula is C21H19N3O3. The van der Waals surface area contributed by atoms with Gasteiger partial charge in [-0.1, -0.05) is 0 Å². The van der Waals surface area contributed by atoms with Crippen molar-refractivity contribution in [1.29, 1.82) is 0 Å². The molecule has 0 saturated carbocycles. The van der Waals surface area contributed by atoms with Gasteiger partial charge in [0.25, 0.3) is 11.8 Å². The average Bonchev–Trinajstić information content (AvgIpc) is 2.70. The number of carbonyl (C=O) groups excluding carboxylic acids is 2. The zero-order chi connectivity index (χ0) is 19.2. The molecule has 3 rings (SSSR count). The summed E-state index contributed by atoms with van der Waals surface area (Å²) in [5.74, 6) is 0.228. The van der Waals surface area contributed by atoms with Crippen molar-refractivity contribution in [3.63, 3.8) is 0 Å². The Morgan fingerprint density at radius 1 is 0.852 bits per heavy atom. The summed E-state index contributed by atoms with van der Waals surface area (Å²) in [6.07, 6.45) is 3.31. The molecule has 6 nitrogen and oxygen atoms in total. The van der Waals surface area contributed by atoms with Crippen molar-refractivity contribution in [2.24, 2.45) is 0 Å². The fourth-order valence-electron chi connectivity index (χ4n) is 2.46. The maximum Gasteiger partial charge on any atom is 0.255 e. The van der Waals surface area contributed by atoms with E-state index >= 15 is 0 Å². The molecule has 136 valence electrons. The van der Waals surface area contributed by atoms with E-state index in [1.807, 2.05) is 6.92 Å². The van der Waals surface area contributed by atoms with E-state index in [9.17, 15) is 9.59 Å². The van der Waals surface area contributed by atoms with Crippen LogP contribution in [0, 0.1) is 6.92 Å². The number of nitrogens with one attached hydrogen (secondary N) is 2. The Bertz CT molecular complexity index is 951. The molecule has 0 aliphatic rings. The maximum absolute atomic E-state index is 12.4. The summed E-state index contributed by atoms with van der Waals surface area (Å²) in [5.41, 5.74) is 3.22. The second kappa shape index (κ2) is 8.14. The number of hydrogen-bond donors (Lipinski definition) is 2. The summed E-state index contributed by atoms with van der Waals surface area (Å²) in [6.45, 7) is 1.88. The van der Waals surface area contributed by atoms with Crippen molar-refractivity contribution >= 4 is 23.2 Å². The lowest BCUT2D eigenvalue weighted by molar-refractivity contribution is 0.102. The highest BCUT2D eigenvalue weighted by molar-refractivity contribution is 6.06. The Labute approximate surface area is 157 Å². The van der Waals surface area contributed by atoms with Crippen LogP contribution >= 0.6 is 0 Å². The van der Waals surface area contributed by atoms with Crippen LogP contribution in [0.4, 0.5) is 11.4 Å². The molecule has 3 aromatic rings. The van der Waals surface area contributed by atoms with Crippen molar-refractivity contribution in [2.45, 2.75) is 6.92 Å². The highest BCUT2D eigenvalue weighted by Crippen LogP contribution is 2.17. The molecule has 2 amide bonds. The summed E-state index contributed by atoms with van der Waals surface area (Å²) in [4.78, 5) is 28.6. The lowest BCUT2D eigenvalue weighted by Gasteiger charge is -2.09. The molecule has 0 spiro atoms. The molecule has 0 atom stereocenters. The molecule has 0 bridgehead atoms. The van der Waals surface area contributed by atoms with Gasteiger partial charge in [-0.2, -0.15) is 0 Å². The van der Waals surface area contributed by atoms with Gasteiger partial charge in [0.1, 0.15) is 5.75 Å². The first-order valence-corrected chi connectivity index (χ1v) is 8.34. The van der Waals surface area contributed by atoms with E-state index in [2.05, 4.69) is 15.6 Å². The van der Waals surface area contributed by atoms with E-state index in [0.29, 0.717) is 28.3 Å². The third-order valence-electron chi connectivity index (χ3n) is 4.03. The van der Waals surface area contributed by atoms with Crippen LogP contribution in [0.5, 0.6) is 5.75 Å². The second-order valence-corrected chi connectivity index (χ2v) is 5.90. The van der Waals surface area contributed by atoms with Crippen LogP contribution < -0.4 is 15.4 Å². The van der Waals surface area contributed by atoms with Gasteiger partial charge in [0.05, 0.1) is 7.11 Å². The molecule has 1 heterocycles. The predicted octanol–water partition coefficient (Wildman–Crippen LogP) is 3.90. The molecular weight excluding hydrogens is 342 g/mol. The number of benzene rings is 2. The summed E-state index contributed by atoms with van der Waals surface area (Å²) < 4.78 is 5.08. The number of aromatic nitrogens is 1. The van der Waals surface area contributed by atoms with Crippen LogP contribution in [0.3, 0.4) is 0 Å². The third-order valence-corrected chi connectivity index (χ3v) is 4.03. The number of anilines is 2. The molecule has 0 unspecified atom stereocenters. The van der Waals surface area contributed by atoms with Crippen LogP contribution in [0.2, 0.25) is 0 Å².